The van der Waals surface area contributed by atoms with Gasteiger partial charge in [0.1, 0.15) is 18.3 Å². The van der Waals surface area contributed by atoms with Gasteiger partial charge in [0, 0.05) is 6.42 Å². The summed E-state index contributed by atoms with van der Waals surface area (Å²) in [5, 5.41) is 46.3. The lowest BCUT2D eigenvalue weighted by molar-refractivity contribution is -0.176. The maximum Gasteiger partial charge on any atom is 0.345 e. The Morgan fingerprint density at radius 3 is 1.81 bits per heavy atom. The summed E-state index contributed by atoms with van der Waals surface area (Å²) < 4.78 is 4.43. The second-order valence-corrected chi connectivity index (χ2v) is 6.55. The van der Waals surface area contributed by atoms with E-state index in [4.69, 9.17) is 10.2 Å². The highest BCUT2D eigenvalue weighted by Gasteiger charge is 2.35. The van der Waals surface area contributed by atoms with E-state index >= 15 is 0 Å². The molecule has 0 aromatic heterocycles. The van der Waals surface area contributed by atoms with E-state index < -0.39 is 43.0 Å². The zero-order valence-electron chi connectivity index (χ0n) is 15.5. The molecule has 154 valence electrons. The summed E-state index contributed by atoms with van der Waals surface area (Å²) >= 11 is 0. The van der Waals surface area contributed by atoms with E-state index in [0.717, 1.165) is 19.3 Å². The molecule has 0 fully saturated rings. The number of hydrogen-bond donors (Lipinski definition) is 5. The highest BCUT2D eigenvalue weighted by Crippen LogP contribution is 2.11. The Bertz CT molecular complexity index is 387. The molecule has 0 radical (unpaired) electrons. The second-order valence-electron chi connectivity index (χ2n) is 6.55. The number of ether oxygens (including phenoxy) is 1. The monoisotopic (exact) mass is 378 g/mol. The van der Waals surface area contributed by atoms with Crippen LogP contribution < -0.4 is 0 Å². The molecule has 5 N–H and O–H groups in total. The molecule has 8 heteroatoms. The number of aliphatic hydroxyl groups excluding tert-OH is 5. The minimum absolute atomic E-state index is 0.0200. The van der Waals surface area contributed by atoms with Gasteiger partial charge < -0.3 is 30.3 Å². The number of esters is 2. The minimum Gasteiger partial charge on any atom is -0.394 e. The molecular formula is C18H34O8. The summed E-state index contributed by atoms with van der Waals surface area (Å²) in [6, 6.07) is 0. The van der Waals surface area contributed by atoms with Gasteiger partial charge in [0.15, 0.2) is 6.10 Å². The van der Waals surface area contributed by atoms with E-state index in [1.165, 1.54) is 32.1 Å². The maximum atomic E-state index is 11.6. The van der Waals surface area contributed by atoms with E-state index in [1.807, 2.05) is 0 Å². The van der Waals surface area contributed by atoms with Gasteiger partial charge in [-0.1, -0.05) is 58.3 Å². The average molecular weight is 378 g/mol. The molecule has 8 nitrogen and oxygen atoms in total. The zero-order valence-corrected chi connectivity index (χ0v) is 15.5. The van der Waals surface area contributed by atoms with Crippen molar-refractivity contribution >= 4 is 11.9 Å². The Morgan fingerprint density at radius 1 is 0.808 bits per heavy atom. The quantitative estimate of drug-likeness (QED) is 0.157. The first-order valence-electron chi connectivity index (χ1n) is 9.42. The topological polar surface area (TPSA) is 145 Å². The van der Waals surface area contributed by atoms with Crippen LogP contribution >= 0.6 is 0 Å². The standard InChI is InChI=1S/C18H34O8/c1-2-3-4-5-6-7-8-9-10-11-14(21)26-18(25)17(24)16(23)15(22)13(20)12-19/h13,15-17,19-20,22-24H,2-12H2,1H3. The third-order valence-electron chi connectivity index (χ3n) is 4.20. The van der Waals surface area contributed by atoms with Crippen molar-refractivity contribution in [1.82, 2.24) is 0 Å². The van der Waals surface area contributed by atoms with E-state index in [2.05, 4.69) is 11.7 Å². The summed E-state index contributed by atoms with van der Waals surface area (Å²) in [6.45, 7) is 1.31. The fraction of sp³-hybridized carbons (Fsp3) is 0.889. The molecule has 0 aliphatic rings. The van der Waals surface area contributed by atoms with Crippen LogP contribution in [0, 0.1) is 0 Å². The first-order valence-corrected chi connectivity index (χ1v) is 9.42. The predicted molar refractivity (Wildman–Crippen MR) is 94.1 cm³/mol. The van der Waals surface area contributed by atoms with Crippen molar-refractivity contribution < 1.29 is 39.9 Å². The van der Waals surface area contributed by atoms with Crippen molar-refractivity contribution in [2.45, 2.75) is 95.5 Å². The third kappa shape index (κ3) is 10.8. The number of aliphatic hydroxyl groups is 5. The lowest BCUT2D eigenvalue weighted by Crippen LogP contribution is -2.49. The largest absolute Gasteiger partial charge is 0.394 e. The molecule has 0 aliphatic heterocycles. The lowest BCUT2D eigenvalue weighted by Gasteiger charge is -2.24. The molecule has 4 atom stereocenters. The molecule has 0 spiro atoms. The van der Waals surface area contributed by atoms with E-state index in [-0.39, 0.29) is 6.42 Å². The number of carbonyl (C=O) groups is 2. The Hall–Kier alpha value is -1.06. The number of rotatable bonds is 15. The zero-order chi connectivity index (χ0) is 19.9. The fourth-order valence-corrected chi connectivity index (χ4v) is 2.47. The van der Waals surface area contributed by atoms with E-state index in [1.54, 1.807) is 0 Å². The highest BCUT2D eigenvalue weighted by molar-refractivity contribution is 5.88. The molecule has 0 aliphatic carbocycles. The smallest absolute Gasteiger partial charge is 0.345 e. The molecule has 0 saturated carbocycles. The van der Waals surface area contributed by atoms with Crippen LogP contribution in [0.25, 0.3) is 0 Å². The van der Waals surface area contributed by atoms with Gasteiger partial charge in [-0.15, -0.1) is 0 Å². The van der Waals surface area contributed by atoms with E-state index in [9.17, 15) is 24.9 Å². The van der Waals surface area contributed by atoms with Crippen molar-refractivity contribution in [3.8, 4) is 0 Å². The molecule has 0 bridgehead atoms. The number of unbranched alkanes of at least 4 members (excludes halogenated alkanes) is 8. The van der Waals surface area contributed by atoms with Crippen molar-refractivity contribution in [3.63, 3.8) is 0 Å². The Balaban J connectivity index is 3.89. The first kappa shape index (κ1) is 24.9. The van der Waals surface area contributed by atoms with Crippen LogP contribution in [0.15, 0.2) is 0 Å². The predicted octanol–water partition coefficient (Wildman–Crippen LogP) is 0.413. The molecule has 0 saturated heterocycles. The molecular weight excluding hydrogens is 344 g/mol. The molecule has 0 heterocycles. The molecule has 0 rings (SSSR count). The van der Waals surface area contributed by atoms with Crippen LogP contribution in [0.2, 0.25) is 0 Å². The van der Waals surface area contributed by atoms with E-state index in [0.29, 0.717) is 6.42 Å². The van der Waals surface area contributed by atoms with Crippen molar-refractivity contribution in [2.24, 2.45) is 0 Å². The third-order valence-corrected chi connectivity index (χ3v) is 4.20. The minimum atomic E-state index is -2.20. The highest BCUT2D eigenvalue weighted by atomic mass is 16.6. The summed E-state index contributed by atoms with van der Waals surface area (Å²) in [5.74, 6) is -2.22. The van der Waals surface area contributed by atoms with Crippen LogP contribution in [0.1, 0.15) is 71.1 Å². The van der Waals surface area contributed by atoms with Gasteiger partial charge in [0.2, 0.25) is 0 Å². The van der Waals surface area contributed by atoms with Gasteiger partial charge in [-0.05, 0) is 6.42 Å². The molecule has 4 unspecified atom stereocenters. The number of hydrogen-bond acceptors (Lipinski definition) is 8. The van der Waals surface area contributed by atoms with Gasteiger partial charge in [0.05, 0.1) is 6.61 Å². The SMILES string of the molecule is CCCCCCCCCCCC(=O)OC(=O)C(O)C(O)C(O)C(O)CO. The average Bonchev–Trinajstić information content (AvgIpc) is 2.63. The van der Waals surface area contributed by atoms with Crippen LogP contribution in [-0.2, 0) is 14.3 Å². The lowest BCUT2D eigenvalue weighted by atomic mass is 10.0. The van der Waals surface area contributed by atoms with Crippen LogP contribution in [0.3, 0.4) is 0 Å². The molecule has 0 aromatic carbocycles. The molecule has 0 amide bonds. The van der Waals surface area contributed by atoms with Gasteiger partial charge in [0.25, 0.3) is 0 Å². The Morgan fingerprint density at radius 2 is 1.31 bits per heavy atom. The number of carbonyl (C=O) groups excluding carboxylic acids is 2. The van der Waals surface area contributed by atoms with Gasteiger partial charge in [-0.3, -0.25) is 4.79 Å². The van der Waals surface area contributed by atoms with Gasteiger partial charge in [-0.25, -0.2) is 4.79 Å². The fourth-order valence-electron chi connectivity index (χ4n) is 2.47. The van der Waals surface area contributed by atoms with Crippen LogP contribution in [0.5, 0.6) is 0 Å². The Kier molecular flexibility index (Phi) is 14.4. The first-order chi connectivity index (χ1) is 12.3. The van der Waals surface area contributed by atoms with Crippen molar-refractivity contribution in [1.29, 1.82) is 0 Å². The maximum absolute atomic E-state index is 11.6. The summed E-state index contributed by atoms with van der Waals surface area (Å²) in [7, 11) is 0. The van der Waals surface area contributed by atoms with Crippen LogP contribution in [-0.4, -0.2) is 68.5 Å². The molecule has 0 aromatic rings. The Labute approximate surface area is 154 Å². The van der Waals surface area contributed by atoms with Crippen molar-refractivity contribution in [3.05, 3.63) is 0 Å². The summed E-state index contributed by atoms with van der Waals surface area (Å²) in [4.78, 5) is 23.1. The summed E-state index contributed by atoms with van der Waals surface area (Å²) in [5.41, 5.74) is 0. The molecule has 26 heavy (non-hydrogen) atoms. The summed E-state index contributed by atoms with van der Waals surface area (Å²) in [6.07, 6.45) is 1.70. The normalized spacial score (nSPS) is 15.9. The van der Waals surface area contributed by atoms with Gasteiger partial charge in [-0.2, -0.15) is 0 Å². The second kappa shape index (κ2) is 15.0. The van der Waals surface area contributed by atoms with Crippen LogP contribution in [0.4, 0.5) is 0 Å². The van der Waals surface area contributed by atoms with Gasteiger partial charge >= 0.3 is 11.9 Å². The van der Waals surface area contributed by atoms with Crippen molar-refractivity contribution in [2.75, 3.05) is 6.61 Å².